The quantitative estimate of drug-likeness (QED) is 0.505. The summed E-state index contributed by atoms with van der Waals surface area (Å²) in [5, 5.41) is 13.2. The number of amides is 1. The van der Waals surface area contributed by atoms with Crippen molar-refractivity contribution in [2.24, 2.45) is 0 Å². The van der Waals surface area contributed by atoms with Crippen molar-refractivity contribution in [1.29, 1.82) is 0 Å². The van der Waals surface area contributed by atoms with Gasteiger partial charge in [0.2, 0.25) is 0 Å². The number of benzene rings is 1. The second kappa shape index (κ2) is 5.31. The number of hydrogen-bond donors (Lipinski definition) is 2. The summed E-state index contributed by atoms with van der Waals surface area (Å²) in [6.07, 6.45) is 2.20. The molecule has 0 spiro atoms. The van der Waals surface area contributed by atoms with Gasteiger partial charge in [0.05, 0.1) is 16.8 Å². The minimum atomic E-state index is -0.825. The highest BCUT2D eigenvalue weighted by Crippen LogP contribution is 2.26. The third kappa shape index (κ3) is 2.53. The molecule has 0 bridgehead atoms. The summed E-state index contributed by atoms with van der Waals surface area (Å²) in [5.74, 6) is -1.57. The van der Waals surface area contributed by atoms with Crippen molar-refractivity contribution in [1.82, 2.24) is 4.98 Å². The molecule has 1 amide bonds. The van der Waals surface area contributed by atoms with Gasteiger partial charge < -0.3 is 11.1 Å². The number of nitrogens with zero attached hydrogens (tertiary/aromatic N) is 2. The zero-order valence-corrected chi connectivity index (χ0v) is 10.0. The molecule has 20 heavy (non-hydrogen) atoms. The van der Waals surface area contributed by atoms with Crippen molar-refractivity contribution in [3.8, 4) is 0 Å². The summed E-state index contributed by atoms with van der Waals surface area (Å²) in [5.41, 5.74) is 4.45. The zero-order chi connectivity index (χ0) is 14.7. The van der Waals surface area contributed by atoms with Crippen LogP contribution in [0.4, 0.5) is 21.5 Å². The predicted molar refractivity (Wildman–Crippen MR) is 69.7 cm³/mol. The fourth-order valence-electron chi connectivity index (χ4n) is 1.61. The highest BCUT2D eigenvalue weighted by molar-refractivity contribution is 6.08. The van der Waals surface area contributed by atoms with Crippen LogP contribution >= 0.6 is 0 Å². The molecule has 0 unspecified atom stereocenters. The zero-order valence-electron chi connectivity index (χ0n) is 10.0. The van der Waals surface area contributed by atoms with Gasteiger partial charge in [-0.15, -0.1) is 0 Å². The van der Waals surface area contributed by atoms with E-state index in [0.717, 1.165) is 6.20 Å². The van der Waals surface area contributed by atoms with Gasteiger partial charge >= 0.3 is 5.69 Å². The molecule has 0 saturated heterocycles. The van der Waals surface area contributed by atoms with Gasteiger partial charge in [-0.3, -0.25) is 19.9 Å². The van der Waals surface area contributed by atoms with E-state index in [0.29, 0.717) is 0 Å². The number of nitrogens with one attached hydrogen (secondary N) is 1. The van der Waals surface area contributed by atoms with Gasteiger partial charge in [0.15, 0.2) is 5.82 Å². The Balaban J connectivity index is 2.38. The minimum absolute atomic E-state index is 0.123. The molecule has 2 aromatic rings. The maximum atomic E-state index is 13.4. The van der Waals surface area contributed by atoms with E-state index in [2.05, 4.69) is 10.3 Å². The van der Waals surface area contributed by atoms with Crippen molar-refractivity contribution < 1.29 is 14.1 Å². The van der Waals surface area contributed by atoms with Crippen LogP contribution in [0, 0.1) is 15.9 Å². The van der Waals surface area contributed by atoms with Crippen LogP contribution in [-0.4, -0.2) is 15.8 Å². The van der Waals surface area contributed by atoms with Crippen molar-refractivity contribution in [2.45, 2.75) is 0 Å². The first kappa shape index (κ1) is 13.4. The van der Waals surface area contributed by atoms with E-state index < -0.39 is 22.3 Å². The van der Waals surface area contributed by atoms with Crippen molar-refractivity contribution in [3.63, 3.8) is 0 Å². The van der Waals surface area contributed by atoms with Gasteiger partial charge in [-0.05, 0) is 18.2 Å². The Morgan fingerprint density at radius 2 is 2.15 bits per heavy atom. The van der Waals surface area contributed by atoms with Crippen LogP contribution in [0.5, 0.6) is 0 Å². The lowest BCUT2D eigenvalue weighted by molar-refractivity contribution is -0.384. The number of carbonyl (C=O) groups excluding carboxylic acids is 1. The van der Waals surface area contributed by atoms with Crippen LogP contribution in [0.1, 0.15) is 10.4 Å². The SMILES string of the molecule is Nc1cccc(C(=O)Nc2ccncc2F)c1[N+](=O)[O-]. The first-order valence-electron chi connectivity index (χ1n) is 5.44. The molecule has 7 nitrogen and oxygen atoms in total. The molecular weight excluding hydrogens is 267 g/mol. The van der Waals surface area contributed by atoms with Gasteiger partial charge in [-0.25, -0.2) is 4.39 Å². The molecule has 0 fully saturated rings. The Morgan fingerprint density at radius 1 is 1.40 bits per heavy atom. The second-order valence-corrected chi connectivity index (χ2v) is 3.81. The van der Waals surface area contributed by atoms with Crippen molar-refractivity contribution in [2.75, 3.05) is 11.1 Å². The molecule has 2 rings (SSSR count). The van der Waals surface area contributed by atoms with Gasteiger partial charge in [0.1, 0.15) is 11.3 Å². The van der Waals surface area contributed by atoms with E-state index in [1.165, 1.54) is 30.5 Å². The van der Waals surface area contributed by atoms with E-state index in [4.69, 9.17) is 5.73 Å². The highest BCUT2D eigenvalue weighted by Gasteiger charge is 2.23. The number of rotatable bonds is 3. The average Bonchev–Trinajstić information content (AvgIpc) is 2.40. The Labute approximate surface area is 112 Å². The second-order valence-electron chi connectivity index (χ2n) is 3.81. The molecule has 0 atom stereocenters. The summed E-state index contributed by atoms with van der Waals surface area (Å²) in [7, 11) is 0. The number of carbonyl (C=O) groups is 1. The average molecular weight is 276 g/mol. The number of halogens is 1. The first-order chi connectivity index (χ1) is 9.50. The number of hydrogen-bond acceptors (Lipinski definition) is 5. The van der Waals surface area contributed by atoms with Crippen LogP contribution in [-0.2, 0) is 0 Å². The third-order valence-corrected chi connectivity index (χ3v) is 2.52. The lowest BCUT2D eigenvalue weighted by atomic mass is 10.1. The fraction of sp³-hybridized carbons (Fsp3) is 0. The van der Waals surface area contributed by atoms with Crippen LogP contribution in [0.2, 0.25) is 0 Å². The molecule has 0 radical (unpaired) electrons. The fourth-order valence-corrected chi connectivity index (χ4v) is 1.61. The molecule has 0 aliphatic heterocycles. The van der Waals surface area contributed by atoms with E-state index >= 15 is 0 Å². The third-order valence-electron chi connectivity index (χ3n) is 2.52. The van der Waals surface area contributed by atoms with Gasteiger partial charge in [0.25, 0.3) is 5.91 Å². The van der Waals surface area contributed by atoms with Gasteiger partial charge in [-0.1, -0.05) is 6.07 Å². The molecule has 1 aromatic heterocycles. The Morgan fingerprint density at radius 3 is 2.80 bits per heavy atom. The number of nitro groups is 1. The van der Waals surface area contributed by atoms with Gasteiger partial charge in [-0.2, -0.15) is 0 Å². The topological polar surface area (TPSA) is 111 Å². The molecular formula is C12H9FN4O3. The van der Waals surface area contributed by atoms with Crippen molar-refractivity contribution >= 4 is 23.0 Å². The van der Waals surface area contributed by atoms with Crippen molar-refractivity contribution in [3.05, 3.63) is 58.2 Å². The number of pyridine rings is 1. The van der Waals surface area contributed by atoms with E-state index in [1.807, 2.05) is 0 Å². The number of anilines is 2. The molecule has 0 aliphatic carbocycles. The minimum Gasteiger partial charge on any atom is -0.393 e. The smallest absolute Gasteiger partial charge is 0.304 e. The summed E-state index contributed by atoms with van der Waals surface area (Å²) in [6, 6.07) is 5.19. The Hall–Kier alpha value is -3.03. The standard InChI is InChI=1S/C12H9FN4O3/c13-8-6-15-5-4-10(8)16-12(18)7-2-1-3-9(14)11(7)17(19)20/h1-6H,14H2,(H,15,16,18). The summed E-state index contributed by atoms with van der Waals surface area (Å²) >= 11 is 0. The predicted octanol–water partition coefficient (Wildman–Crippen LogP) is 1.96. The molecule has 102 valence electrons. The number of para-hydroxylation sites is 1. The first-order valence-corrected chi connectivity index (χ1v) is 5.44. The van der Waals surface area contributed by atoms with E-state index in [1.54, 1.807) is 0 Å². The molecule has 1 aromatic carbocycles. The highest BCUT2D eigenvalue weighted by atomic mass is 19.1. The molecule has 0 aliphatic rings. The molecule has 0 saturated carbocycles. The maximum Gasteiger partial charge on any atom is 0.304 e. The number of nitrogen functional groups attached to an aromatic ring is 1. The van der Waals surface area contributed by atoms with Crippen LogP contribution < -0.4 is 11.1 Å². The molecule has 8 heteroatoms. The molecule has 1 heterocycles. The normalized spacial score (nSPS) is 10.1. The van der Waals surface area contributed by atoms with Gasteiger partial charge in [0, 0.05) is 6.20 Å². The lowest BCUT2D eigenvalue weighted by Crippen LogP contribution is -2.15. The Bertz CT molecular complexity index is 690. The maximum absolute atomic E-state index is 13.4. The largest absolute Gasteiger partial charge is 0.393 e. The summed E-state index contributed by atoms with van der Waals surface area (Å²) < 4.78 is 13.4. The summed E-state index contributed by atoms with van der Waals surface area (Å²) in [6.45, 7) is 0. The van der Waals surface area contributed by atoms with Crippen LogP contribution in [0.25, 0.3) is 0 Å². The Kier molecular flexibility index (Phi) is 3.56. The van der Waals surface area contributed by atoms with Crippen LogP contribution in [0.15, 0.2) is 36.7 Å². The lowest BCUT2D eigenvalue weighted by Gasteiger charge is -2.07. The molecule has 3 N–H and O–H groups in total. The van der Waals surface area contributed by atoms with E-state index in [-0.39, 0.29) is 16.9 Å². The van der Waals surface area contributed by atoms with Crippen LogP contribution in [0.3, 0.4) is 0 Å². The number of aromatic nitrogens is 1. The number of nitrogens with two attached hydrogens (primary N) is 1. The summed E-state index contributed by atoms with van der Waals surface area (Å²) in [4.78, 5) is 25.7. The number of nitro benzene ring substituents is 1. The monoisotopic (exact) mass is 276 g/mol. The van der Waals surface area contributed by atoms with E-state index in [9.17, 15) is 19.3 Å².